The molecule has 0 spiro atoms. The van der Waals surface area contributed by atoms with Gasteiger partial charge in [-0.05, 0) is 42.3 Å². The molecule has 0 atom stereocenters. The van der Waals surface area contributed by atoms with Crippen molar-refractivity contribution in [2.75, 3.05) is 20.2 Å². The van der Waals surface area contributed by atoms with Gasteiger partial charge in [0.15, 0.2) is 0 Å². The number of ether oxygens (including phenoxy) is 1. The number of carbonyl (C=O) groups is 2. The molecule has 3 aromatic rings. The van der Waals surface area contributed by atoms with Gasteiger partial charge in [0, 0.05) is 6.54 Å². The summed E-state index contributed by atoms with van der Waals surface area (Å²) in [5.41, 5.74) is 2.38. The van der Waals surface area contributed by atoms with E-state index >= 15 is 0 Å². The standard InChI is InChI=1S/C23H25FN4O3/c1-3-4-13-25-20(29)14-26-23(30)17-10-12-19-21(22(17)31-2)18(27-28-19)11-7-15-5-8-16(24)9-6-15/h5-12H,3-4,13-14H2,1-2H3,(H,25,29)(H,26,30)(H,27,28)/b11-7+. The first-order chi connectivity index (χ1) is 15.0. The third kappa shape index (κ3) is 5.48. The van der Waals surface area contributed by atoms with Gasteiger partial charge in [0.05, 0.1) is 35.8 Å². The molecule has 0 fully saturated rings. The molecule has 162 valence electrons. The Labute approximate surface area is 179 Å². The van der Waals surface area contributed by atoms with E-state index < -0.39 is 5.91 Å². The summed E-state index contributed by atoms with van der Waals surface area (Å²) in [6.45, 7) is 2.50. The average Bonchev–Trinajstić information content (AvgIpc) is 3.20. The van der Waals surface area contributed by atoms with E-state index in [0.29, 0.717) is 34.5 Å². The Kier molecular flexibility index (Phi) is 7.37. The van der Waals surface area contributed by atoms with Crippen LogP contribution in [0.1, 0.15) is 41.4 Å². The Balaban J connectivity index is 1.81. The van der Waals surface area contributed by atoms with Crippen LogP contribution in [-0.4, -0.2) is 42.2 Å². The number of nitrogens with one attached hydrogen (secondary N) is 3. The molecular weight excluding hydrogens is 399 g/mol. The van der Waals surface area contributed by atoms with Crippen LogP contribution in [0.2, 0.25) is 0 Å². The van der Waals surface area contributed by atoms with Crippen LogP contribution in [0.4, 0.5) is 4.39 Å². The van der Waals surface area contributed by atoms with Crippen LogP contribution >= 0.6 is 0 Å². The lowest BCUT2D eigenvalue weighted by Gasteiger charge is -2.11. The lowest BCUT2D eigenvalue weighted by atomic mass is 10.1. The largest absolute Gasteiger partial charge is 0.495 e. The van der Waals surface area contributed by atoms with Crippen molar-refractivity contribution in [3.8, 4) is 5.75 Å². The molecule has 31 heavy (non-hydrogen) atoms. The van der Waals surface area contributed by atoms with E-state index in [1.807, 2.05) is 6.92 Å². The number of methoxy groups -OCH3 is 1. The van der Waals surface area contributed by atoms with E-state index in [-0.39, 0.29) is 18.3 Å². The highest BCUT2D eigenvalue weighted by molar-refractivity contribution is 6.06. The van der Waals surface area contributed by atoms with Crippen LogP contribution in [-0.2, 0) is 4.79 Å². The maximum Gasteiger partial charge on any atom is 0.255 e. The number of amides is 2. The van der Waals surface area contributed by atoms with Gasteiger partial charge in [-0.15, -0.1) is 0 Å². The SMILES string of the molecule is CCCCNC(=O)CNC(=O)c1ccc2n[nH]c(/C=C/c3ccc(F)cc3)c2c1OC. The Morgan fingerprint density at radius 1 is 1.13 bits per heavy atom. The van der Waals surface area contributed by atoms with Gasteiger partial charge in [0.1, 0.15) is 11.6 Å². The van der Waals surface area contributed by atoms with Gasteiger partial charge in [-0.3, -0.25) is 14.7 Å². The fourth-order valence-corrected chi connectivity index (χ4v) is 3.09. The normalized spacial score (nSPS) is 11.1. The number of nitrogens with zero attached hydrogens (tertiary/aromatic N) is 1. The molecule has 0 aliphatic rings. The van der Waals surface area contributed by atoms with E-state index in [0.717, 1.165) is 18.4 Å². The molecule has 3 N–H and O–H groups in total. The highest BCUT2D eigenvalue weighted by Crippen LogP contribution is 2.32. The second-order valence-electron chi connectivity index (χ2n) is 6.95. The quantitative estimate of drug-likeness (QED) is 0.458. The number of hydrogen-bond donors (Lipinski definition) is 3. The fraction of sp³-hybridized carbons (Fsp3) is 0.261. The number of hydrogen-bond acceptors (Lipinski definition) is 4. The lowest BCUT2D eigenvalue weighted by Crippen LogP contribution is -2.37. The third-order valence-corrected chi connectivity index (χ3v) is 4.73. The number of fused-ring (bicyclic) bond motifs is 1. The predicted octanol–water partition coefficient (Wildman–Crippen LogP) is 3.53. The van der Waals surface area contributed by atoms with Crippen molar-refractivity contribution >= 4 is 34.9 Å². The third-order valence-electron chi connectivity index (χ3n) is 4.73. The molecule has 0 saturated carbocycles. The molecular formula is C23H25FN4O3. The zero-order chi connectivity index (χ0) is 22.2. The first-order valence-electron chi connectivity index (χ1n) is 10.1. The molecule has 0 radical (unpaired) electrons. The van der Waals surface area contributed by atoms with Gasteiger partial charge in [0.25, 0.3) is 5.91 Å². The molecule has 0 saturated heterocycles. The molecule has 2 amide bonds. The molecule has 0 aliphatic carbocycles. The minimum absolute atomic E-state index is 0.119. The Bertz CT molecular complexity index is 1090. The number of carbonyl (C=O) groups excluding carboxylic acids is 2. The molecule has 8 heteroatoms. The molecule has 0 bridgehead atoms. The minimum atomic E-state index is -0.418. The van der Waals surface area contributed by atoms with Gasteiger partial charge in [-0.2, -0.15) is 5.10 Å². The highest BCUT2D eigenvalue weighted by Gasteiger charge is 2.19. The second-order valence-corrected chi connectivity index (χ2v) is 6.95. The summed E-state index contributed by atoms with van der Waals surface area (Å²) in [5.74, 6) is -0.610. The topological polar surface area (TPSA) is 96.1 Å². The zero-order valence-corrected chi connectivity index (χ0v) is 17.5. The van der Waals surface area contributed by atoms with Gasteiger partial charge >= 0.3 is 0 Å². The highest BCUT2D eigenvalue weighted by atomic mass is 19.1. The van der Waals surface area contributed by atoms with Crippen molar-refractivity contribution in [3.63, 3.8) is 0 Å². The Morgan fingerprint density at radius 2 is 1.90 bits per heavy atom. The van der Waals surface area contributed by atoms with Gasteiger partial charge in [0.2, 0.25) is 5.91 Å². The van der Waals surface area contributed by atoms with Crippen LogP contribution in [0.25, 0.3) is 23.1 Å². The molecule has 3 rings (SSSR count). The maximum atomic E-state index is 13.1. The summed E-state index contributed by atoms with van der Waals surface area (Å²) in [4.78, 5) is 24.6. The number of H-pyrrole nitrogens is 1. The van der Waals surface area contributed by atoms with Crippen LogP contribution < -0.4 is 15.4 Å². The number of rotatable bonds is 9. The molecule has 1 aromatic heterocycles. The van der Waals surface area contributed by atoms with E-state index in [2.05, 4.69) is 20.8 Å². The number of unbranched alkanes of at least 4 members (excludes halogenated alkanes) is 1. The predicted molar refractivity (Wildman–Crippen MR) is 118 cm³/mol. The molecule has 2 aromatic carbocycles. The van der Waals surface area contributed by atoms with Crippen molar-refractivity contribution in [1.29, 1.82) is 0 Å². The lowest BCUT2D eigenvalue weighted by molar-refractivity contribution is -0.120. The minimum Gasteiger partial charge on any atom is -0.495 e. The number of aromatic amines is 1. The molecule has 7 nitrogen and oxygen atoms in total. The fourth-order valence-electron chi connectivity index (χ4n) is 3.09. The van der Waals surface area contributed by atoms with Crippen LogP contribution in [0.15, 0.2) is 36.4 Å². The summed E-state index contributed by atoms with van der Waals surface area (Å²) in [7, 11) is 1.48. The monoisotopic (exact) mass is 424 g/mol. The van der Waals surface area contributed by atoms with Crippen molar-refractivity contribution in [3.05, 3.63) is 59.0 Å². The molecule has 1 heterocycles. The van der Waals surface area contributed by atoms with Crippen molar-refractivity contribution < 1.29 is 18.7 Å². The number of benzene rings is 2. The average molecular weight is 424 g/mol. The van der Waals surface area contributed by atoms with E-state index in [1.54, 1.807) is 36.4 Å². The van der Waals surface area contributed by atoms with Gasteiger partial charge in [-0.1, -0.05) is 31.6 Å². The number of aromatic nitrogens is 2. The summed E-state index contributed by atoms with van der Waals surface area (Å²) in [6, 6.07) is 9.40. The molecule has 0 aliphatic heterocycles. The van der Waals surface area contributed by atoms with Gasteiger partial charge in [-0.25, -0.2) is 4.39 Å². The van der Waals surface area contributed by atoms with E-state index in [1.165, 1.54) is 19.2 Å². The van der Waals surface area contributed by atoms with Gasteiger partial charge < -0.3 is 15.4 Å². The smallest absolute Gasteiger partial charge is 0.255 e. The summed E-state index contributed by atoms with van der Waals surface area (Å²) >= 11 is 0. The first-order valence-corrected chi connectivity index (χ1v) is 10.1. The van der Waals surface area contributed by atoms with E-state index in [9.17, 15) is 14.0 Å². The zero-order valence-electron chi connectivity index (χ0n) is 17.5. The van der Waals surface area contributed by atoms with Crippen molar-refractivity contribution in [2.45, 2.75) is 19.8 Å². The summed E-state index contributed by atoms with van der Waals surface area (Å²) in [5, 5.41) is 13.2. The van der Waals surface area contributed by atoms with Crippen molar-refractivity contribution in [2.24, 2.45) is 0 Å². The Morgan fingerprint density at radius 3 is 2.61 bits per heavy atom. The van der Waals surface area contributed by atoms with Crippen LogP contribution in [0.3, 0.4) is 0 Å². The second kappa shape index (κ2) is 10.4. The van der Waals surface area contributed by atoms with Crippen LogP contribution in [0, 0.1) is 5.82 Å². The number of halogens is 1. The Hall–Kier alpha value is -3.68. The van der Waals surface area contributed by atoms with Crippen LogP contribution in [0.5, 0.6) is 5.75 Å². The molecule has 0 unspecified atom stereocenters. The summed E-state index contributed by atoms with van der Waals surface area (Å²) in [6.07, 6.45) is 5.46. The first kappa shape index (κ1) is 22.0. The van der Waals surface area contributed by atoms with Crippen molar-refractivity contribution in [1.82, 2.24) is 20.8 Å². The summed E-state index contributed by atoms with van der Waals surface area (Å²) < 4.78 is 18.6. The maximum absolute atomic E-state index is 13.1. The van der Waals surface area contributed by atoms with E-state index in [4.69, 9.17) is 4.74 Å².